The highest BCUT2D eigenvalue weighted by Crippen LogP contribution is 2.21. The number of hydrogen-bond acceptors (Lipinski definition) is 5. The third kappa shape index (κ3) is 5.57. The molecule has 2 aromatic carbocycles. The minimum absolute atomic E-state index is 0.0921. The molecule has 0 aliphatic carbocycles. The van der Waals surface area contributed by atoms with Crippen LogP contribution in [0.3, 0.4) is 0 Å². The molecule has 6 nitrogen and oxygen atoms in total. The van der Waals surface area contributed by atoms with Gasteiger partial charge in [-0.25, -0.2) is 4.98 Å². The number of likely N-dealkylation sites (tertiary alicyclic amines) is 1. The average Bonchev–Trinajstić information content (AvgIpc) is 2.86. The number of amides is 1. The van der Waals surface area contributed by atoms with Crippen molar-refractivity contribution < 1.29 is 19.1 Å². The van der Waals surface area contributed by atoms with Gasteiger partial charge in [0, 0.05) is 29.6 Å². The fraction of sp³-hybridized carbons (Fsp3) is 0.286. The topological polar surface area (TPSA) is 76.6 Å². The second-order valence-corrected chi connectivity index (χ2v) is 8.76. The number of pyridine rings is 1. The Hall–Kier alpha value is -3.80. The number of fused-ring (bicyclic) bond motifs is 1. The Morgan fingerprint density at radius 2 is 1.62 bits per heavy atom. The van der Waals surface area contributed by atoms with Crippen molar-refractivity contribution in [3.8, 4) is 0 Å². The highest BCUT2D eigenvalue weighted by molar-refractivity contribution is 6.07. The minimum atomic E-state index is -0.183. The van der Waals surface area contributed by atoms with E-state index in [9.17, 15) is 14.4 Å². The van der Waals surface area contributed by atoms with Crippen molar-refractivity contribution in [1.82, 2.24) is 9.88 Å². The van der Waals surface area contributed by atoms with Gasteiger partial charge in [-0.3, -0.25) is 14.4 Å². The van der Waals surface area contributed by atoms with Crippen molar-refractivity contribution in [2.75, 3.05) is 13.1 Å². The molecule has 1 saturated heterocycles. The lowest BCUT2D eigenvalue weighted by Gasteiger charge is -2.31. The van der Waals surface area contributed by atoms with Crippen molar-refractivity contribution in [2.24, 2.45) is 5.92 Å². The fourth-order valence-electron chi connectivity index (χ4n) is 4.04. The van der Waals surface area contributed by atoms with Crippen molar-refractivity contribution in [3.63, 3.8) is 0 Å². The number of piperidine rings is 1. The number of nitrogens with zero attached hydrogens (tertiary/aromatic N) is 2. The number of esters is 1. The van der Waals surface area contributed by atoms with Gasteiger partial charge >= 0.3 is 5.97 Å². The van der Waals surface area contributed by atoms with E-state index in [1.807, 2.05) is 50.2 Å². The van der Waals surface area contributed by atoms with Gasteiger partial charge in [-0.15, -0.1) is 0 Å². The van der Waals surface area contributed by atoms with Crippen molar-refractivity contribution >= 4 is 34.6 Å². The van der Waals surface area contributed by atoms with Gasteiger partial charge in [0.05, 0.1) is 23.2 Å². The molecule has 1 amide bonds. The molecule has 174 valence electrons. The molecule has 1 aromatic heterocycles. The molecule has 4 rings (SSSR count). The summed E-state index contributed by atoms with van der Waals surface area (Å²) in [5, 5.41) is 1.05. The summed E-state index contributed by atoms with van der Waals surface area (Å²) >= 11 is 0. The summed E-state index contributed by atoms with van der Waals surface area (Å²) in [4.78, 5) is 43.8. The maximum Gasteiger partial charge on any atom is 0.309 e. The van der Waals surface area contributed by atoms with E-state index in [4.69, 9.17) is 4.74 Å². The fourth-order valence-corrected chi connectivity index (χ4v) is 4.04. The number of ether oxygens (including phenoxy) is 1. The van der Waals surface area contributed by atoms with Gasteiger partial charge in [-0.1, -0.05) is 36.4 Å². The molecular formula is C28H28N2O4. The molecule has 34 heavy (non-hydrogen) atoms. The molecular weight excluding hydrogens is 428 g/mol. The Morgan fingerprint density at radius 1 is 0.941 bits per heavy atom. The maximum atomic E-state index is 12.9. The second-order valence-electron chi connectivity index (χ2n) is 8.76. The standard InChI is InChI=1S/C28H28N2O4/c1-19(2)34-28(33)23-15-17-30(18-16-23)27(32)22-9-7-21(8-10-22)26(31)14-13-24-12-11-20-5-3-4-6-25(20)29-24/h3-14,19,23H,15-18H2,1-2H3. The zero-order valence-corrected chi connectivity index (χ0v) is 19.4. The van der Waals surface area contributed by atoms with Crippen LogP contribution in [0.4, 0.5) is 0 Å². The van der Waals surface area contributed by atoms with Gasteiger partial charge in [-0.05, 0) is 63.1 Å². The van der Waals surface area contributed by atoms with E-state index in [1.165, 1.54) is 6.08 Å². The molecule has 0 radical (unpaired) electrons. The normalized spacial score (nSPS) is 14.6. The number of aromatic nitrogens is 1. The number of para-hydroxylation sites is 1. The third-order valence-corrected chi connectivity index (χ3v) is 5.91. The Bertz CT molecular complexity index is 1220. The van der Waals surface area contributed by atoms with E-state index in [-0.39, 0.29) is 29.7 Å². The SMILES string of the molecule is CC(C)OC(=O)C1CCN(C(=O)c2ccc(C(=O)C=Cc3ccc4ccccc4n3)cc2)CC1. The van der Waals surface area contributed by atoms with Crippen LogP contribution in [0.1, 0.15) is 53.1 Å². The van der Waals surface area contributed by atoms with Gasteiger partial charge in [0.1, 0.15) is 0 Å². The summed E-state index contributed by atoms with van der Waals surface area (Å²) in [6, 6.07) is 18.4. The molecule has 1 aliphatic heterocycles. The lowest BCUT2D eigenvalue weighted by molar-refractivity contribution is -0.153. The number of carbonyl (C=O) groups is 3. The first-order chi connectivity index (χ1) is 16.4. The van der Waals surface area contributed by atoms with Crippen molar-refractivity contribution in [1.29, 1.82) is 0 Å². The predicted octanol–water partition coefficient (Wildman–Crippen LogP) is 4.93. The molecule has 0 spiro atoms. The summed E-state index contributed by atoms with van der Waals surface area (Å²) in [6.07, 6.45) is 4.26. The zero-order chi connectivity index (χ0) is 24.1. The number of allylic oxidation sites excluding steroid dienone is 1. The first-order valence-electron chi connectivity index (χ1n) is 11.6. The number of hydrogen-bond donors (Lipinski definition) is 0. The molecule has 0 N–H and O–H groups in total. The van der Waals surface area contributed by atoms with Gasteiger partial charge < -0.3 is 9.64 Å². The Labute approximate surface area is 199 Å². The molecule has 1 fully saturated rings. The monoisotopic (exact) mass is 456 g/mol. The molecule has 3 aromatic rings. The summed E-state index contributed by atoms with van der Waals surface area (Å²) in [7, 11) is 0. The van der Waals surface area contributed by atoms with Crippen LogP contribution in [0.15, 0.2) is 66.7 Å². The number of ketones is 1. The van der Waals surface area contributed by atoms with Crippen molar-refractivity contribution in [3.05, 3.63) is 83.6 Å². The van der Waals surface area contributed by atoms with Crippen molar-refractivity contribution in [2.45, 2.75) is 32.8 Å². The molecule has 0 saturated carbocycles. The van der Waals surface area contributed by atoms with Crippen LogP contribution in [-0.2, 0) is 9.53 Å². The molecule has 0 unspecified atom stereocenters. The Balaban J connectivity index is 1.35. The summed E-state index contributed by atoms with van der Waals surface area (Å²) in [6.45, 7) is 4.69. The van der Waals surface area contributed by atoms with Crippen LogP contribution in [-0.4, -0.2) is 46.7 Å². The van der Waals surface area contributed by atoms with E-state index >= 15 is 0 Å². The second kappa shape index (κ2) is 10.4. The van der Waals surface area contributed by atoms with E-state index in [2.05, 4.69) is 4.98 Å². The van der Waals surface area contributed by atoms with Gasteiger partial charge in [0.2, 0.25) is 0 Å². The minimum Gasteiger partial charge on any atom is -0.463 e. The van der Waals surface area contributed by atoms with Crippen LogP contribution in [0.25, 0.3) is 17.0 Å². The van der Waals surface area contributed by atoms with E-state index < -0.39 is 0 Å². The highest BCUT2D eigenvalue weighted by atomic mass is 16.5. The van der Waals surface area contributed by atoms with E-state index in [0.29, 0.717) is 42.8 Å². The van der Waals surface area contributed by atoms with E-state index in [1.54, 1.807) is 35.2 Å². The van der Waals surface area contributed by atoms with Crippen LogP contribution in [0, 0.1) is 5.92 Å². The van der Waals surface area contributed by atoms with E-state index in [0.717, 1.165) is 10.9 Å². The third-order valence-electron chi connectivity index (χ3n) is 5.91. The summed E-state index contributed by atoms with van der Waals surface area (Å²) in [5.74, 6) is -0.587. The summed E-state index contributed by atoms with van der Waals surface area (Å²) in [5.41, 5.74) is 2.61. The molecule has 6 heteroatoms. The average molecular weight is 457 g/mol. The number of carbonyl (C=O) groups excluding carboxylic acids is 3. The lowest BCUT2D eigenvalue weighted by atomic mass is 9.96. The lowest BCUT2D eigenvalue weighted by Crippen LogP contribution is -2.41. The number of rotatable bonds is 6. The number of benzene rings is 2. The van der Waals surface area contributed by atoms with Crippen LogP contribution in [0.5, 0.6) is 0 Å². The molecule has 2 heterocycles. The quantitative estimate of drug-likeness (QED) is 0.298. The van der Waals surface area contributed by atoms with Gasteiger partial charge in [-0.2, -0.15) is 0 Å². The highest BCUT2D eigenvalue weighted by Gasteiger charge is 2.29. The first-order valence-corrected chi connectivity index (χ1v) is 11.6. The zero-order valence-electron chi connectivity index (χ0n) is 19.4. The molecule has 1 aliphatic rings. The first kappa shape index (κ1) is 23.4. The predicted molar refractivity (Wildman–Crippen MR) is 131 cm³/mol. The van der Waals surface area contributed by atoms with Crippen LogP contribution in [0.2, 0.25) is 0 Å². The largest absolute Gasteiger partial charge is 0.463 e. The Kier molecular flexibility index (Phi) is 7.16. The molecule has 0 atom stereocenters. The van der Waals surface area contributed by atoms with Crippen LogP contribution >= 0.6 is 0 Å². The smallest absolute Gasteiger partial charge is 0.309 e. The van der Waals surface area contributed by atoms with Gasteiger partial charge in [0.15, 0.2) is 5.78 Å². The summed E-state index contributed by atoms with van der Waals surface area (Å²) < 4.78 is 5.29. The Morgan fingerprint density at radius 3 is 2.32 bits per heavy atom. The van der Waals surface area contributed by atoms with Crippen LogP contribution < -0.4 is 0 Å². The maximum absolute atomic E-state index is 12.9. The molecule has 0 bridgehead atoms. The van der Waals surface area contributed by atoms with Gasteiger partial charge in [0.25, 0.3) is 5.91 Å².